The van der Waals surface area contributed by atoms with Crippen LogP contribution in [0.25, 0.3) is 0 Å². The van der Waals surface area contributed by atoms with Gasteiger partial charge in [-0.1, -0.05) is 49.4 Å². The van der Waals surface area contributed by atoms with Crippen LogP contribution in [0, 0.1) is 0 Å². The number of nitrogens with one attached hydrogen (secondary N) is 1. The fourth-order valence-electron chi connectivity index (χ4n) is 3.09. The molecule has 0 saturated heterocycles. The van der Waals surface area contributed by atoms with Crippen LogP contribution in [0.1, 0.15) is 34.1 Å². The first-order valence-corrected chi connectivity index (χ1v) is 9.78. The zero-order valence-corrected chi connectivity index (χ0v) is 16.9. The van der Waals surface area contributed by atoms with Crippen LogP contribution in [0.2, 0.25) is 0 Å². The highest BCUT2D eigenvalue weighted by Gasteiger charge is 2.16. The third kappa shape index (κ3) is 5.68. The summed E-state index contributed by atoms with van der Waals surface area (Å²) in [5.41, 5.74) is 3.73. The summed E-state index contributed by atoms with van der Waals surface area (Å²) >= 11 is 0. The smallest absolute Gasteiger partial charge is 0.255 e. The number of carbonyl (C=O) groups excluding carboxylic acids is 1. The van der Waals surface area contributed by atoms with Gasteiger partial charge < -0.3 is 14.8 Å². The molecular weight excluding hydrogens is 366 g/mol. The summed E-state index contributed by atoms with van der Waals surface area (Å²) in [6.07, 6.45) is 2.40. The Morgan fingerprint density at radius 1 is 1.03 bits per heavy atom. The standard InChI is InChI=1S/C23H27N3O3/c1-3-22-21(16-25-26(22)17-19-7-5-4-6-8-19)23(27)24-15-18-9-11-20(12-10-18)29-14-13-28-2/h4-12,16H,3,13-15,17H2,1-2H3,(H,24,27). The Bertz CT molecular complexity index is 905. The summed E-state index contributed by atoms with van der Waals surface area (Å²) in [6, 6.07) is 17.8. The van der Waals surface area contributed by atoms with E-state index < -0.39 is 0 Å². The molecule has 1 amide bonds. The lowest BCUT2D eigenvalue weighted by Crippen LogP contribution is -2.24. The number of hydrogen-bond acceptors (Lipinski definition) is 4. The Kier molecular flexibility index (Phi) is 7.41. The van der Waals surface area contributed by atoms with Crippen LogP contribution in [0.4, 0.5) is 0 Å². The molecular formula is C23H27N3O3. The maximum absolute atomic E-state index is 12.7. The van der Waals surface area contributed by atoms with Crippen molar-refractivity contribution in [2.75, 3.05) is 20.3 Å². The number of rotatable bonds is 10. The van der Waals surface area contributed by atoms with E-state index in [0.29, 0.717) is 31.9 Å². The first-order chi connectivity index (χ1) is 14.2. The van der Waals surface area contributed by atoms with Gasteiger partial charge in [-0.25, -0.2) is 0 Å². The van der Waals surface area contributed by atoms with E-state index in [1.54, 1.807) is 13.3 Å². The van der Waals surface area contributed by atoms with E-state index in [4.69, 9.17) is 9.47 Å². The monoisotopic (exact) mass is 393 g/mol. The van der Waals surface area contributed by atoms with Crippen LogP contribution in [0.3, 0.4) is 0 Å². The minimum absolute atomic E-state index is 0.110. The van der Waals surface area contributed by atoms with Crippen LogP contribution >= 0.6 is 0 Å². The van der Waals surface area contributed by atoms with Crippen molar-refractivity contribution in [2.24, 2.45) is 0 Å². The molecule has 0 radical (unpaired) electrons. The molecule has 0 unspecified atom stereocenters. The van der Waals surface area contributed by atoms with E-state index in [2.05, 4.69) is 22.5 Å². The molecule has 29 heavy (non-hydrogen) atoms. The number of benzene rings is 2. The van der Waals surface area contributed by atoms with E-state index in [1.165, 1.54) is 0 Å². The molecule has 6 heteroatoms. The Balaban J connectivity index is 1.59. The molecule has 1 heterocycles. The number of amides is 1. The predicted molar refractivity (Wildman–Crippen MR) is 112 cm³/mol. The minimum Gasteiger partial charge on any atom is -0.491 e. The van der Waals surface area contributed by atoms with Gasteiger partial charge >= 0.3 is 0 Å². The summed E-state index contributed by atoms with van der Waals surface area (Å²) in [6.45, 7) is 4.21. The van der Waals surface area contributed by atoms with Gasteiger partial charge in [0.2, 0.25) is 0 Å². The summed E-state index contributed by atoms with van der Waals surface area (Å²) in [5.74, 6) is 0.675. The molecule has 0 bridgehead atoms. The van der Waals surface area contributed by atoms with E-state index >= 15 is 0 Å². The highest BCUT2D eigenvalue weighted by molar-refractivity contribution is 5.95. The molecule has 2 aromatic carbocycles. The lowest BCUT2D eigenvalue weighted by atomic mass is 10.1. The van der Waals surface area contributed by atoms with Gasteiger partial charge in [-0.05, 0) is 29.7 Å². The quantitative estimate of drug-likeness (QED) is 0.536. The van der Waals surface area contributed by atoms with Crippen LogP contribution in [0.15, 0.2) is 60.8 Å². The highest BCUT2D eigenvalue weighted by Crippen LogP contribution is 2.14. The average molecular weight is 393 g/mol. The largest absolute Gasteiger partial charge is 0.491 e. The molecule has 6 nitrogen and oxygen atoms in total. The Morgan fingerprint density at radius 3 is 2.48 bits per heavy atom. The zero-order valence-electron chi connectivity index (χ0n) is 16.9. The second-order valence-electron chi connectivity index (χ2n) is 6.67. The Hall–Kier alpha value is -3.12. The SMILES string of the molecule is CCc1c(C(=O)NCc2ccc(OCCOC)cc2)cnn1Cc1ccccc1. The van der Waals surface area contributed by atoms with Crippen LogP contribution < -0.4 is 10.1 Å². The van der Waals surface area contributed by atoms with Crippen LogP contribution in [-0.2, 0) is 24.2 Å². The third-order valence-electron chi connectivity index (χ3n) is 4.64. The molecule has 3 aromatic rings. The van der Waals surface area contributed by atoms with E-state index in [9.17, 15) is 4.79 Å². The second kappa shape index (κ2) is 10.4. The first kappa shape index (κ1) is 20.6. The number of aromatic nitrogens is 2. The first-order valence-electron chi connectivity index (χ1n) is 9.78. The minimum atomic E-state index is -0.110. The lowest BCUT2D eigenvalue weighted by Gasteiger charge is -2.10. The van der Waals surface area contributed by atoms with Crippen LogP contribution in [-0.4, -0.2) is 36.0 Å². The number of methoxy groups -OCH3 is 1. The molecule has 0 spiro atoms. The maximum atomic E-state index is 12.7. The maximum Gasteiger partial charge on any atom is 0.255 e. The van der Waals surface area contributed by atoms with E-state index in [0.717, 1.165) is 29.0 Å². The van der Waals surface area contributed by atoms with Gasteiger partial charge in [-0.2, -0.15) is 5.10 Å². The van der Waals surface area contributed by atoms with Crippen molar-refractivity contribution in [3.8, 4) is 5.75 Å². The topological polar surface area (TPSA) is 65.4 Å². The van der Waals surface area contributed by atoms with Gasteiger partial charge in [-0.3, -0.25) is 9.48 Å². The number of nitrogens with zero attached hydrogens (tertiary/aromatic N) is 2. The fourth-order valence-corrected chi connectivity index (χ4v) is 3.09. The fraction of sp³-hybridized carbons (Fsp3) is 0.304. The summed E-state index contributed by atoms with van der Waals surface area (Å²) in [4.78, 5) is 12.7. The number of ether oxygens (including phenoxy) is 2. The van der Waals surface area contributed by atoms with E-state index in [-0.39, 0.29) is 5.91 Å². The summed E-state index contributed by atoms with van der Waals surface area (Å²) in [5, 5.41) is 7.42. The molecule has 0 saturated carbocycles. The average Bonchev–Trinajstić information content (AvgIpc) is 3.16. The molecule has 0 aliphatic rings. The van der Waals surface area contributed by atoms with Crippen molar-refractivity contribution in [1.82, 2.24) is 15.1 Å². The van der Waals surface area contributed by atoms with Crippen LogP contribution in [0.5, 0.6) is 5.75 Å². The second-order valence-corrected chi connectivity index (χ2v) is 6.67. The third-order valence-corrected chi connectivity index (χ3v) is 4.64. The molecule has 1 aromatic heterocycles. The Morgan fingerprint density at radius 2 is 1.79 bits per heavy atom. The van der Waals surface area contributed by atoms with Crippen molar-refractivity contribution in [1.29, 1.82) is 0 Å². The molecule has 0 fully saturated rings. The van der Waals surface area contributed by atoms with Crippen molar-refractivity contribution in [3.05, 3.63) is 83.2 Å². The molecule has 3 rings (SSSR count). The number of hydrogen-bond donors (Lipinski definition) is 1. The lowest BCUT2D eigenvalue weighted by molar-refractivity contribution is 0.0950. The molecule has 0 aliphatic heterocycles. The predicted octanol–water partition coefficient (Wildman–Crippen LogP) is 3.45. The van der Waals surface area contributed by atoms with Gasteiger partial charge in [-0.15, -0.1) is 0 Å². The zero-order chi connectivity index (χ0) is 20.5. The molecule has 152 valence electrons. The van der Waals surface area contributed by atoms with Crippen molar-refractivity contribution >= 4 is 5.91 Å². The highest BCUT2D eigenvalue weighted by atomic mass is 16.5. The molecule has 0 atom stereocenters. The number of carbonyl (C=O) groups is 1. The van der Waals surface area contributed by atoms with Crippen molar-refractivity contribution in [2.45, 2.75) is 26.4 Å². The van der Waals surface area contributed by atoms with Gasteiger partial charge in [0.15, 0.2) is 0 Å². The van der Waals surface area contributed by atoms with Gasteiger partial charge in [0.05, 0.1) is 30.6 Å². The summed E-state index contributed by atoms with van der Waals surface area (Å²) in [7, 11) is 1.64. The van der Waals surface area contributed by atoms with Gasteiger partial charge in [0.1, 0.15) is 12.4 Å². The normalized spacial score (nSPS) is 10.7. The van der Waals surface area contributed by atoms with E-state index in [1.807, 2.05) is 54.1 Å². The van der Waals surface area contributed by atoms with Gasteiger partial charge in [0, 0.05) is 13.7 Å². The Labute approximate surface area is 171 Å². The molecule has 1 N–H and O–H groups in total. The van der Waals surface area contributed by atoms with Crippen molar-refractivity contribution in [3.63, 3.8) is 0 Å². The van der Waals surface area contributed by atoms with Crippen molar-refractivity contribution < 1.29 is 14.3 Å². The molecule has 0 aliphatic carbocycles. The van der Waals surface area contributed by atoms with Gasteiger partial charge in [0.25, 0.3) is 5.91 Å². The summed E-state index contributed by atoms with van der Waals surface area (Å²) < 4.78 is 12.4.